The van der Waals surface area contributed by atoms with Crippen LogP contribution in [0, 0.1) is 0 Å². The monoisotopic (exact) mass is 189 g/mol. The first-order valence-corrected chi connectivity index (χ1v) is 4.96. The minimum atomic E-state index is 0.226. The maximum absolute atomic E-state index is 3.25. The molecule has 1 N–H and O–H groups in total. The Morgan fingerprint density at radius 3 is 2.57 bits per heavy atom. The van der Waals surface area contributed by atoms with Gasteiger partial charge in [-0.25, -0.2) is 0 Å². The number of hydrogen-bond donors (Lipinski definition) is 1. The minimum Gasteiger partial charge on any atom is -0.165 e. The molecular formula is C12H17N2+. The van der Waals surface area contributed by atoms with Crippen LogP contribution < -0.4 is 4.68 Å². The van der Waals surface area contributed by atoms with Crippen molar-refractivity contribution in [2.75, 3.05) is 0 Å². The van der Waals surface area contributed by atoms with Crippen LogP contribution in [0.25, 0.3) is 10.9 Å². The molecule has 0 aliphatic heterocycles. The zero-order valence-electron chi connectivity index (χ0n) is 9.26. The number of H-pyrrole nitrogens is 1. The zero-order chi connectivity index (χ0) is 10.3. The second kappa shape index (κ2) is 2.84. The van der Waals surface area contributed by atoms with E-state index >= 15 is 0 Å². The van der Waals surface area contributed by atoms with Crippen LogP contribution in [0.5, 0.6) is 0 Å². The van der Waals surface area contributed by atoms with Crippen molar-refractivity contribution in [3.63, 3.8) is 0 Å². The van der Waals surface area contributed by atoms with Crippen molar-refractivity contribution in [2.45, 2.75) is 26.2 Å². The molecule has 0 amide bonds. The van der Waals surface area contributed by atoms with Crippen LogP contribution >= 0.6 is 0 Å². The first-order valence-electron chi connectivity index (χ1n) is 4.96. The number of rotatable bonds is 0. The summed E-state index contributed by atoms with van der Waals surface area (Å²) < 4.78 is 1.98. The predicted octanol–water partition coefficient (Wildman–Crippen LogP) is 2.29. The second-order valence-electron chi connectivity index (χ2n) is 4.90. The first kappa shape index (κ1) is 9.25. The summed E-state index contributed by atoms with van der Waals surface area (Å²) in [5.74, 6) is 0. The molecule has 2 rings (SSSR count). The summed E-state index contributed by atoms with van der Waals surface area (Å²) in [5, 5.41) is 4.53. The Morgan fingerprint density at radius 2 is 1.93 bits per heavy atom. The van der Waals surface area contributed by atoms with E-state index in [0.717, 1.165) is 0 Å². The number of benzene rings is 1. The molecule has 14 heavy (non-hydrogen) atoms. The summed E-state index contributed by atoms with van der Waals surface area (Å²) in [4.78, 5) is 0. The van der Waals surface area contributed by atoms with E-state index in [1.54, 1.807) is 0 Å². The van der Waals surface area contributed by atoms with Crippen LogP contribution in [0.1, 0.15) is 26.3 Å². The fourth-order valence-corrected chi connectivity index (χ4v) is 1.67. The van der Waals surface area contributed by atoms with Crippen molar-refractivity contribution < 1.29 is 4.68 Å². The fraction of sp³-hybridized carbons (Fsp3) is 0.417. The number of aryl methyl sites for hydroxylation is 1. The van der Waals surface area contributed by atoms with Gasteiger partial charge in [0.15, 0.2) is 7.05 Å². The van der Waals surface area contributed by atoms with Gasteiger partial charge in [-0.05, 0) is 23.1 Å². The summed E-state index contributed by atoms with van der Waals surface area (Å²) in [5.41, 5.74) is 2.80. The van der Waals surface area contributed by atoms with Gasteiger partial charge in [0, 0.05) is 0 Å². The van der Waals surface area contributed by atoms with Gasteiger partial charge in [0.1, 0.15) is 5.52 Å². The molecule has 0 bridgehead atoms. The lowest BCUT2D eigenvalue weighted by Gasteiger charge is -2.18. The van der Waals surface area contributed by atoms with Gasteiger partial charge in [-0.2, -0.15) is 5.10 Å². The molecule has 1 aromatic carbocycles. The molecule has 0 aliphatic carbocycles. The average Bonchev–Trinajstić information content (AvgIpc) is 2.41. The van der Waals surface area contributed by atoms with Crippen molar-refractivity contribution >= 4 is 10.9 Å². The average molecular weight is 189 g/mol. The maximum atomic E-state index is 3.25. The summed E-state index contributed by atoms with van der Waals surface area (Å²) >= 11 is 0. The van der Waals surface area contributed by atoms with Crippen LogP contribution in [-0.2, 0) is 12.5 Å². The zero-order valence-corrected chi connectivity index (χ0v) is 9.26. The van der Waals surface area contributed by atoms with E-state index in [1.807, 2.05) is 11.7 Å². The molecule has 0 aliphatic rings. The van der Waals surface area contributed by atoms with Crippen LogP contribution in [0.3, 0.4) is 0 Å². The van der Waals surface area contributed by atoms with E-state index in [0.29, 0.717) is 0 Å². The fourth-order valence-electron chi connectivity index (χ4n) is 1.67. The Balaban J connectivity index is 2.62. The molecule has 74 valence electrons. The van der Waals surface area contributed by atoms with Crippen molar-refractivity contribution in [3.8, 4) is 0 Å². The molecule has 0 spiro atoms. The predicted molar refractivity (Wildman–Crippen MR) is 58.2 cm³/mol. The van der Waals surface area contributed by atoms with Gasteiger partial charge in [0.2, 0.25) is 6.20 Å². The van der Waals surface area contributed by atoms with Crippen LogP contribution in [-0.4, -0.2) is 5.10 Å². The molecule has 0 saturated carbocycles. The number of aromatic amines is 1. The number of fused-ring (bicyclic) bond motifs is 1. The van der Waals surface area contributed by atoms with Crippen LogP contribution in [0.4, 0.5) is 0 Å². The number of hydrogen-bond acceptors (Lipinski definition) is 0. The largest absolute Gasteiger partial charge is 0.202 e. The summed E-state index contributed by atoms with van der Waals surface area (Å²) in [6, 6.07) is 6.60. The quantitative estimate of drug-likeness (QED) is 0.613. The molecule has 1 aromatic heterocycles. The molecule has 2 aromatic rings. The minimum absolute atomic E-state index is 0.226. The normalized spacial score (nSPS) is 12.3. The molecule has 1 heterocycles. The van der Waals surface area contributed by atoms with Gasteiger partial charge >= 0.3 is 0 Å². The highest BCUT2D eigenvalue weighted by atomic mass is 15.2. The van der Waals surface area contributed by atoms with E-state index < -0.39 is 0 Å². The Hall–Kier alpha value is -1.31. The van der Waals surface area contributed by atoms with Gasteiger partial charge in [-0.15, -0.1) is 4.68 Å². The van der Waals surface area contributed by atoms with E-state index in [4.69, 9.17) is 0 Å². The van der Waals surface area contributed by atoms with E-state index in [9.17, 15) is 0 Å². The van der Waals surface area contributed by atoms with Gasteiger partial charge in [0.25, 0.3) is 0 Å². The summed E-state index contributed by atoms with van der Waals surface area (Å²) in [6.07, 6.45) is 2.12. The molecule has 2 heteroatoms. The molecule has 0 atom stereocenters. The molecule has 0 unspecified atom stereocenters. The number of nitrogens with zero attached hydrogens (tertiary/aromatic N) is 1. The Labute approximate surface area is 84.5 Å². The van der Waals surface area contributed by atoms with Crippen molar-refractivity contribution in [3.05, 3.63) is 30.0 Å². The molecule has 2 nitrogen and oxygen atoms in total. The molecule has 0 saturated heterocycles. The second-order valence-corrected chi connectivity index (χ2v) is 4.90. The summed E-state index contributed by atoms with van der Waals surface area (Å²) in [6.45, 7) is 6.71. The Morgan fingerprint density at radius 1 is 1.21 bits per heavy atom. The lowest BCUT2D eigenvalue weighted by atomic mass is 9.86. The summed E-state index contributed by atoms with van der Waals surface area (Å²) in [7, 11) is 2.01. The highest BCUT2D eigenvalue weighted by Crippen LogP contribution is 2.24. The van der Waals surface area contributed by atoms with Crippen LogP contribution in [0.15, 0.2) is 24.4 Å². The Kier molecular flexibility index (Phi) is 1.88. The third kappa shape index (κ3) is 1.52. The van der Waals surface area contributed by atoms with Crippen molar-refractivity contribution in [2.24, 2.45) is 7.05 Å². The van der Waals surface area contributed by atoms with Crippen molar-refractivity contribution in [1.82, 2.24) is 5.10 Å². The third-order valence-corrected chi connectivity index (χ3v) is 2.55. The SMILES string of the molecule is C[n+]1cc2cc(C(C)(C)C)ccc2[nH]1. The lowest BCUT2D eigenvalue weighted by Crippen LogP contribution is -2.27. The smallest absolute Gasteiger partial charge is 0.165 e. The maximum Gasteiger partial charge on any atom is 0.202 e. The highest BCUT2D eigenvalue weighted by Gasteiger charge is 2.15. The van der Waals surface area contributed by atoms with Crippen LogP contribution in [0.2, 0.25) is 0 Å². The number of nitrogens with one attached hydrogen (secondary N) is 1. The van der Waals surface area contributed by atoms with Gasteiger partial charge in [-0.3, -0.25) is 0 Å². The number of aromatic nitrogens is 2. The first-order chi connectivity index (χ1) is 6.47. The van der Waals surface area contributed by atoms with Gasteiger partial charge in [-0.1, -0.05) is 26.8 Å². The highest BCUT2D eigenvalue weighted by molar-refractivity contribution is 5.77. The van der Waals surface area contributed by atoms with Gasteiger partial charge < -0.3 is 0 Å². The van der Waals surface area contributed by atoms with E-state index in [1.165, 1.54) is 16.5 Å². The molecule has 0 radical (unpaired) electrons. The third-order valence-electron chi connectivity index (χ3n) is 2.55. The lowest BCUT2D eigenvalue weighted by molar-refractivity contribution is -0.724. The topological polar surface area (TPSA) is 19.7 Å². The Bertz CT molecular complexity index is 461. The standard InChI is InChI=1S/C12H16N2/c1-12(2,3)10-5-6-11-9(7-10)8-14(4)13-11/h5-8H,1-4H3/p+1. The van der Waals surface area contributed by atoms with Crippen molar-refractivity contribution in [1.29, 1.82) is 0 Å². The molecular weight excluding hydrogens is 172 g/mol. The molecule has 0 fully saturated rings. The van der Waals surface area contributed by atoms with E-state index in [-0.39, 0.29) is 5.41 Å². The van der Waals surface area contributed by atoms with Gasteiger partial charge in [0.05, 0.1) is 5.39 Å². The van der Waals surface area contributed by atoms with E-state index in [2.05, 4.69) is 50.3 Å².